The van der Waals surface area contributed by atoms with Crippen molar-refractivity contribution in [2.45, 2.75) is 20.0 Å². The summed E-state index contributed by atoms with van der Waals surface area (Å²) in [6, 6.07) is 9.66. The van der Waals surface area contributed by atoms with E-state index in [1.165, 1.54) is 19.1 Å². The van der Waals surface area contributed by atoms with Gasteiger partial charge in [0.05, 0.1) is 11.5 Å². The Balaban J connectivity index is 1.79. The van der Waals surface area contributed by atoms with Crippen molar-refractivity contribution in [3.63, 3.8) is 0 Å². The van der Waals surface area contributed by atoms with Crippen LogP contribution in [0.3, 0.4) is 0 Å². The number of hydrogen-bond acceptors (Lipinski definition) is 7. The van der Waals surface area contributed by atoms with Crippen molar-refractivity contribution in [1.29, 1.82) is 0 Å². The van der Waals surface area contributed by atoms with Gasteiger partial charge in [-0.1, -0.05) is 17.8 Å². The largest absolute Gasteiger partial charge is 0.490 e. The van der Waals surface area contributed by atoms with Crippen molar-refractivity contribution < 1.29 is 33.4 Å². The Morgan fingerprint density at radius 2 is 1.94 bits per heavy atom. The normalized spacial score (nSPS) is 15.5. The molecule has 1 fully saturated rings. The topological polar surface area (TPSA) is 105 Å². The van der Waals surface area contributed by atoms with Crippen molar-refractivity contribution in [1.82, 2.24) is 10.4 Å². The number of carboxylic acids is 1. The van der Waals surface area contributed by atoms with E-state index in [0.717, 1.165) is 28.9 Å². The van der Waals surface area contributed by atoms with Crippen LogP contribution in [0.2, 0.25) is 0 Å². The zero-order valence-corrected chi connectivity index (χ0v) is 19.2. The van der Waals surface area contributed by atoms with Crippen LogP contribution in [0.4, 0.5) is 4.39 Å². The second-order valence-electron chi connectivity index (χ2n) is 6.70. The average molecular weight is 491 g/mol. The number of carbonyl (C=O) groups excluding carboxylic acids is 2. The minimum absolute atomic E-state index is 0.127. The van der Waals surface area contributed by atoms with Crippen molar-refractivity contribution >= 4 is 52.2 Å². The van der Waals surface area contributed by atoms with Crippen LogP contribution in [0.1, 0.15) is 29.8 Å². The summed E-state index contributed by atoms with van der Waals surface area (Å²) in [5.41, 5.74) is 3.17. The molecule has 3 rings (SSSR count). The van der Waals surface area contributed by atoms with E-state index in [0.29, 0.717) is 17.9 Å². The number of aliphatic carboxylic acids is 1. The number of nitrogens with one attached hydrogen (secondary N) is 1. The van der Waals surface area contributed by atoms with Gasteiger partial charge in [-0.25, -0.2) is 9.18 Å². The van der Waals surface area contributed by atoms with Gasteiger partial charge < -0.3 is 14.6 Å². The Bertz CT molecular complexity index is 1140. The molecule has 1 heterocycles. The Hall–Kier alpha value is -3.44. The molecule has 2 aromatic carbocycles. The van der Waals surface area contributed by atoms with Crippen LogP contribution >= 0.6 is 24.0 Å². The molecule has 0 saturated carbocycles. The average Bonchev–Trinajstić information content (AvgIpc) is 3.03. The summed E-state index contributed by atoms with van der Waals surface area (Å²) in [7, 11) is 0. The lowest BCUT2D eigenvalue weighted by atomic mass is 10.2. The number of rotatable bonds is 8. The summed E-state index contributed by atoms with van der Waals surface area (Å²) in [6.07, 6.45) is 0.493. The number of thiocarbonyl (C=S) groups is 1. The smallest absolute Gasteiger partial charge is 0.344 e. The predicted molar refractivity (Wildman–Crippen MR) is 124 cm³/mol. The van der Waals surface area contributed by atoms with Gasteiger partial charge >= 0.3 is 5.97 Å². The van der Waals surface area contributed by atoms with Crippen LogP contribution < -0.4 is 14.9 Å². The maximum atomic E-state index is 13.1. The highest BCUT2D eigenvalue weighted by molar-refractivity contribution is 8.26. The molecule has 1 unspecified atom stereocenters. The molecular formula is C22H19FN2O6S2. The molecule has 8 nitrogen and oxygen atoms in total. The Labute approximate surface area is 198 Å². The van der Waals surface area contributed by atoms with Gasteiger partial charge in [-0.2, -0.15) is 5.01 Å². The summed E-state index contributed by atoms with van der Waals surface area (Å²) in [6.45, 7) is 3.49. The summed E-state index contributed by atoms with van der Waals surface area (Å²) in [5, 5.41) is 10.0. The highest BCUT2D eigenvalue weighted by Crippen LogP contribution is 2.34. The van der Waals surface area contributed by atoms with Gasteiger partial charge in [0.15, 0.2) is 21.9 Å². The number of hydrazine groups is 1. The molecule has 1 saturated heterocycles. The number of carbonyl (C=O) groups is 3. The van der Waals surface area contributed by atoms with Gasteiger partial charge in [-0.05, 0) is 74.1 Å². The maximum absolute atomic E-state index is 13.1. The third kappa shape index (κ3) is 5.88. The fourth-order valence-corrected chi connectivity index (χ4v) is 3.88. The minimum Gasteiger partial charge on any atom is -0.490 e. The number of amides is 2. The SMILES string of the molecule is CCOc1cc(/C=C2/SC(=S)N(NC(=O)c3ccc(F)cc3)C2=O)ccc1OC(C)C(=O)O. The fraction of sp³-hybridized carbons (Fsp3) is 0.182. The third-order valence-electron chi connectivity index (χ3n) is 4.33. The molecule has 0 radical (unpaired) electrons. The fourth-order valence-electron chi connectivity index (χ4n) is 2.70. The van der Waals surface area contributed by atoms with E-state index in [9.17, 15) is 18.8 Å². The standard InChI is InChI=1S/C22H19FN2O6S2/c1-3-30-17-10-13(4-9-16(17)31-12(2)21(28)29)11-18-20(27)25(22(32)33-18)24-19(26)14-5-7-15(23)8-6-14/h4-12H,3H2,1-2H3,(H,24,26)(H,28,29)/b18-11+. The lowest BCUT2D eigenvalue weighted by Gasteiger charge is -2.16. The van der Waals surface area contributed by atoms with Gasteiger partial charge in [0, 0.05) is 5.56 Å². The van der Waals surface area contributed by atoms with E-state index in [1.54, 1.807) is 31.2 Å². The van der Waals surface area contributed by atoms with E-state index in [2.05, 4.69) is 5.43 Å². The number of halogens is 1. The Morgan fingerprint density at radius 1 is 1.24 bits per heavy atom. The van der Waals surface area contributed by atoms with E-state index in [4.69, 9.17) is 26.8 Å². The molecule has 172 valence electrons. The molecule has 2 amide bonds. The van der Waals surface area contributed by atoms with E-state index in [-0.39, 0.29) is 20.5 Å². The monoisotopic (exact) mass is 490 g/mol. The molecule has 0 spiro atoms. The van der Waals surface area contributed by atoms with Gasteiger partial charge in [0.25, 0.3) is 11.8 Å². The molecular weight excluding hydrogens is 471 g/mol. The highest BCUT2D eigenvalue weighted by atomic mass is 32.2. The predicted octanol–water partition coefficient (Wildman–Crippen LogP) is 3.62. The highest BCUT2D eigenvalue weighted by Gasteiger charge is 2.34. The first kappa shape index (κ1) is 24.2. The maximum Gasteiger partial charge on any atom is 0.344 e. The molecule has 0 bridgehead atoms. The second-order valence-corrected chi connectivity index (χ2v) is 8.38. The lowest BCUT2D eigenvalue weighted by Crippen LogP contribution is -2.44. The van der Waals surface area contributed by atoms with E-state index in [1.807, 2.05) is 0 Å². The molecule has 2 N–H and O–H groups in total. The van der Waals surface area contributed by atoms with Gasteiger partial charge in [-0.3, -0.25) is 15.0 Å². The third-order valence-corrected chi connectivity index (χ3v) is 5.63. The molecule has 11 heteroatoms. The van der Waals surface area contributed by atoms with Gasteiger partial charge in [0.2, 0.25) is 0 Å². The quantitative estimate of drug-likeness (QED) is 0.427. The number of benzene rings is 2. The first-order chi connectivity index (χ1) is 15.7. The van der Waals surface area contributed by atoms with Crippen molar-refractivity contribution in [3.8, 4) is 11.5 Å². The number of carboxylic acid groups (broad SMARTS) is 1. The van der Waals surface area contributed by atoms with E-state index >= 15 is 0 Å². The lowest BCUT2D eigenvalue weighted by molar-refractivity contribution is -0.144. The first-order valence-electron chi connectivity index (χ1n) is 9.70. The molecule has 0 aliphatic carbocycles. The van der Waals surface area contributed by atoms with Crippen molar-refractivity contribution in [3.05, 3.63) is 64.3 Å². The van der Waals surface area contributed by atoms with Crippen LogP contribution in [0.5, 0.6) is 11.5 Å². The van der Waals surface area contributed by atoms with Crippen LogP contribution in [0.15, 0.2) is 47.4 Å². The summed E-state index contributed by atoms with van der Waals surface area (Å²) >= 11 is 6.21. The minimum atomic E-state index is -1.12. The van der Waals surface area contributed by atoms with Gasteiger partial charge in [0.1, 0.15) is 5.82 Å². The van der Waals surface area contributed by atoms with Gasteiger partial charge in [-0.15, -0.1) is 0 Å². The zero-order chi connectivity index (χ0) is 24.1. The molecule has 1 atom stereocenters. The zero-order valence-electron chi connectivity index (χ0n) is 17.5. The number of hydrogen-bond donors (Lipinski definition) is 2. The Kier molecular flexibility index (Phi) is 7.67. The number of ether oxygens (including phenoxy) is 2. The summed E-state index contributed by atoms with van der Waals surface area (Å²) < 4.78 is 24.2. The van der Waals surface area contributed by atoms with Crippen LogP contribution in [-0.2, 0) is 9.59 Å². The Morgan fingerprint density at radius 3 is 2.58 bits per heavy atom. The first-order valence-corrected chi connectivity index (χ1v) is 10.9. The van der Waals surface area contributed by atoms with E-state index < -0.39 is 29.7 Å². The number of thioether (sulfide) groups is 1. The molecule has 1 aliphatic heterocycles. The summed E-state index contributed by atoms with van der Waals surface area (Å²) in [5.74, 6) is -2.17. The van der Waals surface area contributed by atoms with Crippen molar-refractivity contribution in [2.24, 2.45) is 0 Å². The van der Waals surface area contributed by atoms with Crippen LogP contribution in [0.25, 0.3) is 6.08 Å². The molecule has 0 aromatic heterocycles. The molecule has 2 aromatic rings. The van der Waals surface area contributed by atoms with Crippen molar-refractivity contribution in [2.75, 3.05) is 6.61 Å². The summed E-state index contributed by atoms with van der Waals surface area (Å²) in [4.78, 5) is 36.5. The number of nitrogens with zero attached hydrogens (tertiary/aromatic N) is 1. The molecule has 1 aliphatic rings. The van der Waals surface area contributed by atoms with Crippen LogP contribution in [0, 0.1) is 5.82 Å². The van der Waals surface area contributed by atoms with Crippen LogP contribution in [-0.4, -0.2) is 44.9 Å². The molecule has 33 heavy (non-hydrogen) atoms. The second kappa shape index (κ2) is 10.5.